The molecule has 4 N–H and O–H groups in total. The van der Waals surface area contributed by atoms with E-state index >= 15 is 0 Å². The lowest BCUT2D eigenvalue weighted by atomic mass is 10.1. The fraction of sp³-hybridized carbons (Fsp3) is 0.136. The van der Waals surface area contributed by atoms with Gasteiger partial charge in [-0.15, -0.1) is 0 Å². The molecule has 7 heteroatoms. The van der Waals surface area contributed by atoms with Crippen LogP contribution in [0.15, 0.2) is 71.6 Å². The summed E-state index contributed by atoms with van der Waals surface area (Å²) in [6, 6.07) is 19.0. The van der Waals surface area contributed by atoms with Gasteiger partial charge in [0.25, 0.3) is 10.0 Å². The maximum absolute atomic E-state index is 13.0. The van der Waals surface area contributed by atoms with E-state index in [4.69, 9.17) is 5.73 Å². The number of nitrogens with two attached hydrogens (primary N) is 1. The number of benzene rings is 3. The summed E-state index contributed by atoms with van der Waals surface area (Å²) in [5.74, 6) is -0.314. The lowest BCUT2D eigenvalue weighted by molar-refractivity contribution is -0.115. The van der Waals surface area contributed by atoms with Crippen LogP contribution >= 0.6 is 0 Å². The molecule has 0 aliphatic carbocycles. The van der Waals surface area contributed by atoms with Gasteiger partial charge in [-0.2, -0.15) is 0 Å². The zero-order valence-electron chi connectivity index (χ0n) is 16.3. The highest BCUT2D eigenvalue weighted by Gasteiger charge is 2.21. The van der Waals surface area contributed by atoms with Crippen molar-refractivity contribution in [1.29, 1.82) is 0 Å². The number of carbonyl (C=O) groups is 1. The highest BCUT2D eigenvalue weighted by Crippen LogP contribution is 2.27. The smallest absolute Gasteiger partial charge is 0.264 e. The Hall–Kier alpha value is -3.32. The van der Waals surface area contributed by atoms with E-state index in [0.717, 1.165) is 16.7 Å². The van der Waals surface area contributed by atoms with Crippen LogP contribution in [0.4, 0.5) is 17.1 Å². The van der Waals surface area contributed by atoms with Crippen molar-refractivity contribution in [3.63, 3.8) is 0 Å². The van der Waals surface area contributed by atoms with E-state index in [-0.39, 0.29) is 28.6 Å². The van der Waals surface area contributed by atoms with Gasteiger partial charge in [0, 0.05) is 5.69 Å². The van der Waals surface area contributed by atoms with Crippen LogP contribution in [0.1, 0.15) is 16.7 Å². The minimum atomic E-state index is -3.96. The number of rotatable bonds is 6. The molecule has 0 saturated heterocycles. The van der Waals surface area contributed by atoms with Crippen LogP contribution in [0.3, 0.4) is 0 Å². The van der Waals surface area contributed by atoms with E-state index in [1.165, 1.54) is 12.1 Å². The first kappa shape index (κ1) is 20.4. The molecule has 0 spiro atoms. The first-order valence-corrected chi connectivity index (χ1v) is 10.6. The number of aryl methyl sites for hydroxylation is 2. The van der Waals surface area contributed by atoms with E-state index in [9.17, 15) is 13.2 Å². The molecule has 0 atom stereocenters. The van der Waals surface area contributed by atoms with Crippen molar-refractivity contribution in [2.24, 2.45) is 0 Å². The number of para-hydroxylation sites is 1. The molecule has 0 aliphatic heterocycles. The molecule has 0 unspecified atom stereocenters. The number of hydrogen-bond acceptors (Lipinski definition) is 4. The Morgan fingerprint density at radius 3 is 2.31 bits per heavy atom. The highest BCUT2D eigenvalue weighted by atomic mass is 32.2. The predicted molar refractivity (Wildman–Crippen MR) is 116 cm³/mol. The van der Waals surface area contributed by atoms with Gasteiger partial charge < -0.3 is 11.1 Å². The summed E-state index contributed by atoms with van der Waals surface area (Å²) in [5.41, 5.74) is 9.46. The van der Waals surface area contributed by atoms with Gasteiger partial charge in [0.05, 0.1) is 17.8 Å². The van der Waals surface area contributed by atoms with E-state index in [1.54, 1.807) is 18.2 Å². The van der Waals surface area contributed by atoms with Crippen molar-refractivity contribution in [2.45, 2.75) is 25.2 Å². The molecular formula is C22H23N3O3S. The third-order valence-electron chi connectivity index (χ3n) is 4.44. The van der Waals surface area contributed by atoms with Crippen LogP contribution < -0.4 is 15.8 Å². The number of sulfonamides is 1. The Kier molecular flexibility index (Phi) is 5.89. The molecule has 0 radical (unpaired) electrons. The van der Waals surface area contributed by atoms with Gasteiger partial charge in [0.1, 0.15) is 4.90 Å². The van der Waals surface area contributed by atoms with Gasteiger partial charge >= 0.3 is 0 Å². The van der Waals surface area contributed by atoms with Gasteiger partial charge in [-0.05, 0) is 49.2 Å². The maximum atomic E-state index is 13.0. The summed E-state index contributed by atoms with van der Waals surface area (Å²) in [6.07, 6.45) is 0.134. The summed E-state index contributed by atoms with van der Waals surface area (Å²) in [4.78, 5) is 12.4. The van der Waals surface area contributed by atoms with E-state index < -0.39 is 10.0 Å². The van der Waals surface area contributed by atoms with Crippen LogP contribution in [0.2, 0.25) is 0 Å². The zero-order valence-corrected chi connectivity index (χ0v) is 17.1. The number of carbonyl (C=O) groups excluding carboxylic acids is 1. The lowest BCUT2D eigenvalue weighted by Gasteiger charge is -2.15. The number of anilines is 3. The molecule has 6 nitrogen and oxygen atoms in total. The van der Waals surface area contributed by atoms with Crippen LogP contribution in [-0.2, 0) is 21.2 Å². The van der Waals surface area contributed by atoms with Gasteiger partial charge in [0.2, 0.25) is 5.91 Å². The molecule has 0 aliphatic rings. The van der Waals surface area contributed by atoms with E-state index in [2.05, 4.69) is 10.0 Å². The highest BCUT2D eigenvalue weighted by molar-refractivity contribution is 7.93. The van der Waals surface area contributed by atoms with Crippen LogP contribution in [0, 0.1) is 13.8 Å². The second-order valence-corrected chi connectivity index (χ2v) is 8.54. The first-order chi connectivity index (χ1) is 13.7. The molecule has 3 aromatic carbocycles. The molecule has 0 saturated carbocycles. The minimum Gasteiger partial charge on any atom is -0.399 e. The van der Waals surface area contributed by atoms with Crippen LogP contribution in [-0.4, -0.2) is 14.3 Å². The van der Waals surface area contributed by atoms with Crippen molar-refractivity contribution in [3.05, 3.63) is 83.4 Å². The molecule has 0 fully saturated rings. The number of nitrogen functional groups attached to an aromatic ring is 1. The van der Waals surface area contributed by atoms with Gasteiger partial charge in [-0.1, -0.05) is 48.0 Å². The Labute approximate surface area is 170 Å². The average molecular weight is 410 g/mol. The largest absolute Gasteiger partial charge is 0.399 e. The number of amides is 1. The van der Waals surface area contributed by atoms with Crippen molar-refractivity contribution >= 4 is 33.0 Å². The van der Waals surface area contributed by atoms with Crippen LogP contribution in [0.5, 0.6) is 0 Å². The van der Waals surface area contributed by atoms with Crippen molar-refractivity contribution in [1.82, 2.24) is 0 Å². The third-order valence-corrected chi connectivity index (χ3v) is 5.85. The normalized spacial score (nSPS) is 11.1. The third kappa shape index (κ3) is 5.14. The maximum Gasteiger partial charge on any atom is 0.264 e. The second-order valence-electron chi connectivity index (χ2n) is 6.89. The topological polar surface area (TPSA) is 101 Å². The molecule has 0 bridgehead atoms. The standard InChI is InChI=1S/C22H23N3O3S/c1-15-7-9-17(10-8-15)13-22(26)24-20-12-11-18(23)14-21(20)29(27,28)25-19-6-4-3-5-16(19)2/h3-12,14,25H,13,23H2,1-2H3,(H,24,26). The predicted octanol–water partition coefficient (Wildman–Crippen LogP) is 3.87. The zero-order chi connectivity index (χ0) is 21.0. The SMILES string of the molecule is Cc1ccc(CC(=O)Nc2ccc(N)cc2S(=O)(=O)Nc2ccccc2C)cc1. The number of nitrogens with one attached hydrogen (secondary N) is 2. The fourth-order valence-corrected chi connectivity index (χ4v) is 4.17. The van der Waals surface area contributed by atoms with Crippen molar-refractivity contribution < 1.29 is 13.2 Å². The molecule has 0 aromatic heterocycles. The Morgan fingerprint density at radius 1 is 0.931 bits per heavy atom. The fourth-order valence-electron chi connectivity index (χ4n) is 2.84. The van der Waals surface area contributed by atoms with Crippen LogP contribution in [0.25, 0.3) is 0 Å². The molecule has 3 rings (SSSR count). The summed E-state index contributed by atoms with van der Waals surface area (Å²) in [6.45, 7) is 3.78. The molecule has 29 heavy (non-hydrogen) atoms. The second kappa shape index (κ2) is 8.36. The summed E-state index contributed by atoms with van der Waals surface area (Å²) >= 11 is 0. The summed E-state index contributed by atoms with van der Waals surface area (Å²) < 4.78 is 28.5. The lowest BCUT2D eigenvalue weighted by Crippen LogP contribution is -2.20. The van der Waals surface area contributed by atoms with Gasteiger partial charge in [-0.25, -0.2) is 8.42 Å². The van der Waals surface area contributed by atoms with Crippen molar-refractivity contribution in [3.8, 4) is 0 Å². The number of hydrogen-bond donors (Lipinski definition) is 3. The monoisotopic (exact) mass is 409 g/mol. The van der Waals surface area contributed by atoms with E-state index in [1.807, 2.05) is 50.2 Å². The molecule has 150 valence electrons. The summed E-state index contributed by atoms with van der Waals surface area (Å²) in [5, 5.41) is 2.69. The molecule has 1 amide bonds. The summed E-state index contributed by atoms with van der Waals surface area (Å²) in [7, 11) is -3.96. The first-order valence-electron chi connectivity index (χ1n) is 9.08. The Balaban J connectivity index is 1.86. The molecular weight excluding hydrogens is 386 g/mol. The minimum absolute atomic E-state index is 0.0852. The molecule has 3 aromatic rings. The molecule has 0 heterocycles. The quantitative estimate of drug-likeness (QED) is 0.538. The Bertz CT molecular complexity index is 1140. The Morgan fingerprint density at radius 2 is 1.62 bits per heavy atom. The van der Waals surface area contributed by atoms with E-state index in [0.29, 0.717) is 5.69 Å². The van der Waals surface area contributed by atoms with Crippen molar-refractivity contribution in [2.75, 3.05) is 15.8 Å². The average Bonchev–Trinajstić information content (AvgIpc) is 2.67. The van der Waals surface area contributed by atoms with Gasteiger partial charge in [0.15, 0.2) is 0 Å². The van der Waals surface area contributed by atoms with Gasteiger partial charge in [-0.3, -0.25) is 9.52 Å².